The summed E-state index contributed by atoms with van der Waals surface area (Å²) < 4.78 is 10.7. The average molecular weight is 395 g/mol. The quantitative estimate of drug-likeness (QED) is 0.748. The molecule has 1 saturated carbocycles. The molecule has 1 fully saturated rings. The van der Waals surface area contributed by atoms with Crippen molar-refractivity contribution < 1.29 is 14.1 Å². The van der Waals surface area contributed by atoms with Crippen LogP contribution in [0.5, 0.6) is 5.75 Å². The van der Waals surface area contributed by atoms with Crippen LogP contribution in [0.1, 0.15) is 44.9 Å². The second-order valence-electron chi connectivity index (χ2n) is 6.65. The first-order valence-electron chi connectivity index (χ1n) is 9.25. The van der Waals surface area contributed by atoms with E-state index in [0.29, 0.717) is 31.2 Å². The number of carbonyl (C=O) groups is 1. The number of nitrogens with two attached hydrogens (primary N) is 1. The van der Waals surface area contributed by atoms with Crippen molar-refractivity contribution in [3.05, 3.63) is 30.2 Å². The zero-order valence-electron chi connectivity index (χ0n) is 15.5. The number of ether oxygens (including phenoxy) is 1. The Morgan fingerprint density at radius 3 is 2.63 bits per heavy atom. The van der Waals surface area contributed by atoms with Crippen molar-refractivity contribution in [2.45, 2.75) is 57.5 Å². The van der Waals surface area contributed by atoms with Gasteiger partial charge in [-0.2, -0.15) is 4.98 Å². The molecule has 1 aromatic heterocycles. The second-order valence-corrected chi connectivity index (χ2v) is 6.65. The molecule has 2 aromatic rings. The molecule has 1 aliphatic carbocycles. The maximum absolute atomic E-state index is 12.1. The molecule has 0 saturated heterocycles. The Bertz CT molecular complexity index is 712. The molecule has 0 atom stereocenters. The number of halogens is 1. The number of hydrogen-bond donors (Lipinski definition) is 2. The Morgan fingerprint density at radius 2 is 1.96 bits per heavy atom. The van der Waals surface area contributed by atoms with E-state index >= 15 is 0 Å². The molecule has 3 N–H and O–H groups in total. The zero-order valence-corrected chi connectivity index (χ0v) is 16.3. The largest absolute Gasteiger partial charge is 0.494 e. The van der Waals surface area contributed by atoms with Crippen molar-refractivity contribution in [3.63, 3.8) is 0 Å². The van der Waals surface area contributed by atoms with Crippen LogP contribution in [0.4, 0.5) is 0 Å². The highest BCUT2D eigenvalue weighted by Crippen LogP contribution is 2.20. The first kappa shape index (κ1) is 21.2. The van der Waals surface area contributed by atoms with Gasteiger partial charge in [-0.25, -0.2) is 0 Å². The summed E-state index contributed by atoms with van der Waals surface area (Å²) in [7, 11) is 0. The van der Waals surface area contributed by atoms with Gasteiger partial charge < -0.3 is 20.3 Å². The third-order valence-corrected chi connectivity index (χ3v) is 4.59. The van der Waals surface area contributed by atoms with Crippen LogP contribution in [0.15, 0.2) is 28.8 Å². The Balaban J connectivity index is 0.00000261. The Labute approximate surface area is 165 Å². The maximum atomic E-state index is 12.1. The topological polar surface area (TPSA) is 103 Å². The molecule has 7 nitrogen and oxygen atoms in total. The molecule has 0 unspecified atom stereocenters. The fraction of sp³-hybridized carbons (Fsp3) is 0.526. The van der Waals surface area contributed by atoms with E-state index in [2.05, 4.69) is 15.5 Å². The van der Waals surface area contributed by atoms with E-state index in [1.807, 2.05) is 31.2 Å². The molecule has 3 rings (SSSR count). The standard InChI is InChI=1S/C19H26N4O3.ClH/c1-2-25-16-9-3-13(4-10-16)19-22-18(26-23-19)12-11-17(24)21-15-7-5-14(20)6-8-15;/h3-4,9-10,14-15H,2,5-8,11-12,20H2,1H3,(H,21,24);1H. The van der Waals surface area contributed by atoms with Crippen LogP contribution in [0, 0.1) is 0 Å². The lowest BCUT2D eigenvalue weighted by Gasteiger charge is -2.26. The second kappa shape index (κ2) is 10.3. The Hall–Kier alpha value is -2.12. The van der Waals surface area contributed by atoms with Gasteiger partial charge in [0, 0.05) is 30.5 Å². The first-order valence-corrected chi connectivity index (χ1v) is 9.25. The number of nitrogens with one attached hydrogen (secondary N) is 1. The molecule has 1 amide bonds. The molecule has 0 aliphatic heterocycles. The molecule has 0 spiro atoms. The van der Waals surface area contributed by atoms with E-state index in [1.165, 1.54) is 0 Å². The summed E-state index contributed by atoms with van der Waals surface area (Å²) in [4.78, 5) is 16.5. The number of hydrogen-bond acceptors (Lipinski definition) is 6. The summed E-state index contributed by atoms with van der Waals surface area (Å²) in [6.07, 6.45) is 4.63. The minimum atomic E-state index is 0. The van der Waals surface area contributed by atoms with Gasteiger partial charge in [-0.05, 0) is 56.9 Å². The van der Waals surface area contributed by atoms with Crippen LogP contribution in [0.3, 0.4) is 0 Å². The molecule has 27 heavy (non-hydrogen) atoms. The summed E-state index contributed by atoms with van der Waals surface area (Å²) in [6, 6.07) is 8.05. The number of aromatic nitrogens is 2. The van der Waals surface area contributed by atoms with Crippen LogP contribution in [-0.2, 0) is 11.2 Å². The van der Waals surface area contributed by atoms with Crippen LogP contribution in [0.25, 0.3) is 11.4 Å². The van der Waals surface area contributed by atoms with Gasteiger partial charge in [0.2, 0.25) is 17.6 Å². The van der Waals surface area contributed by atoms with Gasteiger partial charge in [-0.3, -0.25) is 4.79 Å². The number of carbonyl (C=O) groups excluding carboxylic acids is 1. The molecule has 0 radical (unpaired) electrons. The number of amides is 1. The molecule has 8 heteroatoms. The van der Waals surface area contributed by atoms with Gasteiger partial charge in [0.1, 0.15) is 5.75 Å². The lowest BCUT2D eigenvalue weighted by Crippen LogP contribution is -2.40. The van der Waals surface area contributed by atoms with Crippen molar-refractivity contribution in [2.24, 2.45) is 5.73 Å². The van der Waals surface area contributed by atoms with E-state index in [-0.39, 0.29) is 30.4 Å². The number of nitrogens with zero attached hydrogens (tertiary/aromatic N) is 2. The Kier molecular flexibility index (Phi) is 8.06. The van der Waals surface area contributed by atoms with Crippen LogP contribution < -0.4 is 15.8 Å². The normalized spacial score (nSPS) is 19.2. The highest BCUT2D eigenvalue weighted by molar-refractivity contribution is 5.85. The van der Waals surface area contributed by atoms with E-state index in [0.717, 1.165) is 37.0 Å². The van der Waals surface area contributed by atoms with Crippen LogP contribution in [0.2, 0.25) is 0 Å². The molecule has 148 valence electrons. The van der Waals surface area contributed by atoms with E-state index in [4.69, 9.17) is 15.0 Å². The van der Waals surface area contributed by atoms with Gasteiger partial charge >= 0.3 is 0 Å². The van der Waals surface area contributed by atoms with Crippen molar-refractivity contribution in [1.29, 1.82) is 0 Å². The number of benzene rings is 1. The highest BCUT2D eigenvalue weighted by atomic mass is 35.5. The van der Waals surface area contributed by atoms with Crippen LogP contribution >= 0.6 is 12.4 Å². The van der Waals surface area contributed by atoms with Crippen molar-refractivity contribution in [2.75, 3.05) is 6.61 Å². The third-order valence-electron chi connectivity index (χ3n) is 4.59. The van der Waals surface area contributed by atoms with Gasteiger partial charge in [0.05, 0.1) is 6.61 Å². The Morgan fingerprint density at radius 1 is 1.26 bits per heavy atom. The summed E-state index contributed by atoms with van der Waals surface area (Å²) in [5, 5.41) is 7.06. The monoisotopic (exact) mass is 394 g/mol. The van der Waals surface area contributed by atoms with Gasteiger partial charge in [0.15, 0.2) is 0 Å². The predicted molar refractivity (Wildman–Crippen MR) is 105 cm³/mol. The average Bonchev–Trinajstić information content (AvgIpc) is 3.12. The van der Waals surface area contributed by atoms with E-state index in [1.54, 1.807) is 0 Å². The zero-order chi connectivity index (χ0) is 18.4. The van der Waals surface area contributed by atoms with Crippen molar-refractivity contribution in [1.82, 2.24) is 15.5 Å². The predicted octanol–water partition coefficient (Wildman–Crippen LogP) is 2.88. The smallest absolute Gasteiger partial charge is 0.227 e. The van der Waals surface area contributed by atoms with E-state index in [9.17, 15) is 4.79 Å². The van der Waals surface area contributed by atoms with Gasteiger partial charge in [0.25, 0.3) is 0 Å². The van der Waals surface area contributed by atoms with Crippen molar-refractivity contribution >= 4 is 18.3 Å². The third kappa shape index (κ3) is 6.22. The highest BCUT2D eigenvalue weighted by Gasteiger charge is 2.20. The number of aryl methyl sites for hydroxylation is 1. The lowest BCUT2D eigenvalue weighted by molar-refractivity contribution is -0.122. The van der Waals surface area contributed by atoms with Crippen molar-refractivity contribution in [3.8, 4) is 17.1 Å². The SMILES string of the molecule is CCOc1ccc(-c2noc(CCC(=O)NC3CCC(N)CC3)n2)cc1.Cl. The first-order chi connectivity index (χ1) is 12.6. The number of rotatable bonds is 7. The molecule has 0 bridgehead atoms. The summed E-state index contributed by atoms with van der Waals surface area (Å²) in [6.45, 7) is 2.57. The fourth-order valence-corrected chi connectivity index (χ4v) is 3.12. The molecule has 1 aromatic carbocycles. The minimum Gasteiger partial charge on any atom is -0.494 e. The van der Waals surface area contributed by atoms with Gasteiger partial charge in [-0.15, -0.1) is 12.4 Å². The van der Waals surface area contributed by atoms with Crippen LogP contribution in [-0.4, -0.2) is 34.7 Å². The minimum absolute atomic E-state index is 0. The fourth-order valence-electron chi connectivity index (χ4n) is 3.12. The molecule has 1 aliphatic rings. The lowest BCUT2D eigenvalue weighted by atomic mass is 9.92. The maximum Gasteiger partial charge on any atom is 0.227 e. The molecule has 1 heterocycles. The molecular weight excluding hydrogens is 368 g/mol. The van der Waals surface area contributed by atoms with E-state index < -0.39 is 0 Å². The van der Waals surface area contributed by atoms with Gasteiger partial charge in [-0.1, -0.05) is 5.16 Å². The summed E-state index contributed by atoms with van der Waals surface area (Å²) >= 11 is 0. The molecular formula is C19H27ClN4O3. The summed E-state index contributed by atoms with van der Waals surface area (Å²) in [5.74, 6) is 1.81. The summed E-state index contributed by atoms with van der Waals surface area (Å²) in [5.41, 5.74) is 6.74.